The number of nitrogens with one attached hydrogen (secondary N) is 1. The molecule has 32 heavy (non-hydrogen) atoms. The van der Waals surface area contributed by atoms with E-state index in [1.54, 1.807) is 23.2 Å². The molecule has 0 spiro atoms. The van der Waals surface area contributed by atoms with E-state index in [9.17, 15) is 4.79 Å². The van der Waals surface area contributed by atoms with E-state index in [0.29, 0.717) is 40.0 Å². The molecular weight excluding hydrogens is 414 g/mol. The van der Waals surface area contributed by atoms with Gasteiger partial charge in [0, 0.05) is 17.5 Å². The van der Waals surface area contributed by atoms with E-state index in [2.05, 4.69) is 16.6 Å². The number of ether oxygens (including phenoxy) is 5. The molecule has 1 aliphatic carbocycles. The van der Waals surface area contributed by atoms with E-state index >= 15 is 0 Å². The van der Waals surface area contributed by atoms with Gasteiger partial charge in [-0.2, -0.15) is 5.10 Å². The van der Waals surface area contributed by atoms with Crippen LogP contribution in [0.15, 0.2) is 77.6 Å². The molecule has 0 fully saturated rings. The number of hydrogen-bond donors (Lipinski definition) is 1. The molecule has 9 heteroatoms. The maximum atomic E-state index is 12.7. The number of rotatable bonds is 7. The number of carbonyl (C=O) groups excluding carboxylic acids is 1. The van der Waals surface area contributed by atoms with Crippen molar-refractivity contribution in [2.24, 2.45) is 5.10 Å². The highest BCUT2D eigenvalue weighted by Gasteiger charge is 2.29. The molecule has 0 bridgehead atoms. The average Bonchev–Trinajstić information content (AvgIpc) is 3.22. The van der Waals surface area contributed by atoms with Crippen LogP contribution in [0.3, 0.4) is 0 Å². The van der Waals surface area contributed by atoms with Gasteiger partial charge in [-0.15, -0.1) is 0 Å². The topological polar surface area (TPSA) is 90.9 Å². The Morgan fingerprint density at radius 2 is 1.91 bits per heavy atom. The van der Waals surface area contributed by atoms with Gasteiger partial charge in [-0.05, 0) is 31.1 Å². The summed E-state index contributed by atoms with van der Waals surface area (Å²) in [6, 6.07) is 3.48. The number of methoxy groups -OCH3 is 3. The first-order valence-corrected chi connectivity index (χ1v) is 9.89. The van der Waals surface area contributed by atoms with Crippen LogP contribution in [0.25, 0.3) is 0 Å². The van der Waals surface area contributed by atoms with Gasteiger partial charge in [-0.25, -0.2) is 5.43 Å². The third-order valence-electron chi connectivity index (χ3n) is 5.00. The minimum absolute atomic E-state index is 0.341. The van der Waals surface area contributed by atoms with Crippen molar-refractivity contribution >= 4 is 11.6 Å². The number of hydrazone groups is 1. The van der Waals surface area contributed by atoms with Crippen LogP contribution in [-0.2, 0) is 14.3 Å². The largest absolute Gasteiger partial charge is 0.493 e. The molecule has 1 aromatic carbocycles. The summed E-state index contributed by atoms with van der Waals surface area (Å²) in [5.41, 5.74) is 4.87. The molecular formula is C23H23N3O6. The maximum Gasteiger partial charge on any atom is 0.275 e. The molecule has 1 aromatic rings. The van der Waals surface area contributed by atoms with Gasteiger partial charge in [0.05, 0.1) is 26.9 Å². The lowest BCUT2D eigenvalue weighted by molar-refractivity contribution is -0.116. The first kappa shape index (κ1) is 21.1. The van der Waals surface area contributed by atoms with Gasteiger partial charge in [0.1, 0.15) is 18.2 Å². The number of nitrogens with zero attached hydrogens (tertiary/aromatic N) is 2. The van der Waals surface area contributed by atoms with Crippen LogP contribution in [0.1, 0.15) is 18.4 Å². The normalized spacial score (nSPS) is 18.2. The van der Waals surface area contributed by atoms with Crippen LogP contribution in [0, 0.1) is 0 Å². The molecule has 1 amide bonds. The molecule has 166 valence electrons. The van der Waals surface area contributed by atoms with Crippen LogP contribution in [-0.4, -0.2) is 37.8 Å². The summed E-state index contributed by atoms with van der Waals surface area (Å²) in [7, 11) is 4.59. The standard InChI is InChI=1S/C23H23N3O6/c1-28-18-11-15(12-19(29-2)22(18)30-3)21-17(23(27)25-24-21)13-26(16-7-5-4-6-8-16)20-14-31-9-10-32-20/h4-5,7,9-14H,6,8H2,1-3H3,(H,25,27). The lowest BCUT2D eigenvalue weighted by Crippen LogP contribution is -2.23. The molecule has 0 saturated carbocycles. The van der Waals surface area contributed by atoms with E-state index in [4.69, 9.17) is 23.7 Å². The van der Waals surface area contributed by atoms with Crippen LogP contribution in [0.4, 0.5) is 0 Å². The van der Waals surface area contributed by atoms with Crippen molar-refractivity contribution in [3.63, 3.8) is 0 Å². The summed E-state index contributed by atoms with van der Waals surface area (Å²) in [4.78, 5) is 14.5. The van der Waals surface area contributed by atoms with E-state index in [1.165, 1.54) is 40.1 Å². The Balaban J connectivity index is 1.78. The van der Waals surface area contributed by atoms with Gasteiger partial charge < -0.3 is 23.7 Å². The molecule has 1 N–H and O–H groups in total. The highest BCUT2D eigenvalue weighted by molar-refractivity contribution is 6.31. The molecule has 0 saturated heterocycles. The SMILES string of the molecule is COc1cc(C2=NNC(=O)C2=CN(C2=CC=CCC2)C2=COC=CO2)cc(OC)c1OC. The summed E-state index contributed by atoms with van der Waals surface area (Å²) in [6.45, 7) is 0. The zero-order chi connectivity index (χ0) is 22.5. The Bertz CT molecular complexity index is 1070. The quantitative estimate of drug-likeness (QED) is 0.655. The predicted octanol–water partition coefficient (Wildman–Crippen LogP) is 3.28. The van der Waals surface area contributed by atoms with Crippen LogP contribution in [0.2, 0.25) is 0 Å². The second-order valence-corrected chi connectivity index (χ2v) is 6.84. The first-order valence-electron chi connectivity index (χ1n) is 9.89. The minimum atomic E-state index is -0.349. The summed E-state index contributed by atoms with van der Waals surface area (Å²) < 4.78 is 27.2. The number of amides is 1. The van der Waals surface area contributed by atoms with Crippen molar-refractivity contribution in [2.75, 3.05) is 21.3 Å². The Morgan fingerprint density at radius 3 is 2.50 bits per heavy atom. The summed E-state index contributed by atoms with van der Waals surface area (Å²) in [5, 5.41) is 4.25. The van der Waals surface area contributed by atoms with E-state index in [1.807, 2.05) is 12.2 Å². The van der Waals surface area contributed by atoms with Crippen molar-refractivity contribution in [1.29, 1.82) is 0 Å². The van der Waals surface area contributed by atoms with Crippen molar-refractivity contribution in [2.45, 2.75) is 12.8 Å². The molecule has 0 radical (unpaired) electrons. The molecule has 2 heterocycles. The van der Waals surface area contributed by atoms with Crippen molar-refractivity contribution in [3.8, 4) is 17.2 Å². The van der Waals surface area contributed by atoms with Gasteiger partial charge >= 0.3 is 0 Å². The third-order valence-corrected chi connectivity index (χ3v) is 5.00. The van der Waals surface area contributed by atoms with Gasteiger partial charge in [-0.1, -0.05) is 12.2 Å². The monoisotopic (exact) mass is 437 g/mol. The van der Waals surface area contributed by atoms with Crippen LogP contribution in [0.5, 0.6) is 17.2 Å². The average molecular weight is 437 g/mol. The smallest absolute Gasteiger partial charge is 0.275 e. The first-order chi connectivity index (χ1) is 15.7. The van der Waals surface area contributed by atoms with Crippen molar-refractivity contribution in [1.82, 2.24) is 10.3 Å². The fraction of sp³-hybridized carbons (Fsp3) is 0.217. The minimum Gasteiger partial charge on any atom is -0.493 e. The van der Waals surface area contributed by atoms with Crippen molar-refractivity contribution in [3.05, 3.63) is 78.1 Å². The Kier molecular flexibility index (Phi) is 6.16. The van der Waals surface area contributed by atoms with Gasteiger partial charge in [-0.3, -0.25) is 9.69 Å². The fourth-order valence-corrected chi connectivity index (χ4v) is 3.47. The molecule has 2 aliphatic heterocycles. The molecule has 0 unspecified atom stereocenters. The van der Waals surface area contributed by atoms with E-state index < -0.39 is 0 Å². The lowest BCUT2D eigenvalue weighted by atomic mass is 10.0. The van der Waals surface area contributed by atoms with Gasteiger partial charge in [0.15, 0.2) is 17.8 Å². The molecule has 0 aromatic heterocycles. The van der Waals surface area contributed by atoms with Crippen molar-refractivity contribution < 1.29 is 28.5 Å². The van der Waals surface area contributed by atoms with Crippen LogP contribution < -0.4 is 19.6 Å². The highest BCUT2D eigenvalue weighted by atomic mass is 16.5. The summed E-state index contributed by atoms with van der Waals surface area (Å²) in [6.07, 6.45) is 13.7. The molecule has 9 nitrogen and oxygen atoms in total. The molecule has 0 atom stereocenters. The zero-order valence-electron chi connectivity index (χ0n) is 18.0. The summed E-state index contributed by atoms with van der Waals surface area (Å²) >= 11 is 0. The predicted molar refractivity (Wildman–Crippen MR) is 117 cm³/mol. The second-order valence-electron chi connectivity index (χ2n) is 6.84. The number of benzene rings is 1. The molecule has 4 rings (SSSR count). The number of hydrogen-bond acceptors (Lipinski definition) is 8. The Labute approximate surface area is 185 Å². The Morgan fingerprint density at radius 1 is 1.12 bits per heavy atom. The number of carbonyl (C=O) groups is 1. The maximum absolute atomic E-state index is 12.7. The van der Waals surface area contributed by atoms with E-state index in [-0.39, 0.29) is 5.91 Å². The molecule has 3 aliphatic rings. The lowest BCUT2D eigenvalue weighted by Gasteiger charge is -2.27. The fourth-order valence-electron chi connectivity index (χ4n) is 3.47. The van der Waals surface area contributed by atoms with Crippen LogP contribution >= 0.6 is 0 Å². The van der Waals surface area contributed by atoms with Gasteiger partial charge in [0.25, 0.3) is 5.91 Å². The second kappa shape index (κ2) is 9.34. The highest BCUT2D eigenvalue weighted by Crippen LogP contribution is 2.39. The zero-order valence-corrected chi connectivity index (χ0v) is 18.0. The summed E-state index contributed by atoms with van der Waals surface area (Å²) in [5.74, 6) is 1.44. The van der Waals surface area contributed by atoms with Gasteiger partial charge in [0.2, 0.25) is 11.6 Å². The van der Waals surface area contributed by atoms with E-state index in [0.717, 1.165) is 18.5 Å². The Hall–Kier alpha value is -4.14. The number of allylic oxidation sites excluding steroid dienone is 4. The third kappa shape index (κ3) is 4.04.